The Morgan fingerprint density at radius 2 is 1.52 bits per heavy atom. The summed E-state index contributed by atoms with van der Waals surface area (Å²) in [6, 6.07) is 4.27. The molecule has 0 fully saturated rings. The first-order chi connectivity index (χ1) is 9.92. The van der Waals surface area contributed by atoms with Crippen molar-refractivity contribution in [2.45, 2.75) is 20.3 Å². The van der Waals surface area contributed by atoms with Crippen LogP contribution in [0.5, 0.6) is 0 Å². The summed E-state index contributed by atoms with van der Waals surface area (Å²) in [5.74, 6) is -1.55. The van der Waals surface area contributed by atoms with E-state index < -0.39 is 11.9 Å². The molecule has 21 heavy (non-hydrogen) atoms. The van der Waals surface area contributed by atoms with E-state index in [1.165, 1.54) is 32.4 Å². The molecule has 6 heteroatoms. The standard InChI is InChI=1S/C15H19NO5/c1-5-9(2)13(17)16-12-7-10(14(18)20-3)6-11(8-12)15(19)21-4/h6-9H,5H2,1-4H3,(H,16,17)/t9-/m1/s1. The fourth-order valence-electron chi connectivity index (χ4n) is 1.62. The Morgan fingerprint density at radius 3 is 1.90 bits per heavy atom. The molecule has 1 aromatic carbocycles. The fraction of sp³-hybridized carbons (Fsp3) is 0.400. The third-order valence-electron chi connectivity index (χ3n) is 3.10. The molecular formula is C15H19NO5. The minimum atomic E-state index is -0.597. The van der Waals surface area contributed by atoms with Gasteiger partial charge in [-0.15, -0.1) is 0 Å². The highest BCUT2D eigenvalue weighted by Gasteiger charge is 2.16. The normalized spacial score (nSPS) is 11.4. The monoisotopic (exact) mass is 293 g/mol. The van der Waals surface area contributed by atoms with E-state index in [1.54, 1.807) is 6.92 Å². The predicted molar refractivity (Wildman–Crippen MR) is 77.2 cm³/mol. The third kappa shape index (κ3) is 4.30. The van der Waals surface area contributed by atoms with E-state index in [4.69, 9.17) is 0 Å². The van der Waals surface area contributed by atoms with Crippen LogP contribution in [0, 0.1) is 5.92 Å². The molecule has 0 aromatic heterocycles. The molecule has 0 heterocycles. The van der Waals surface area contributed by atoms with Gasteiger partial charge in [0, 0.05) is 11.6 Å². The molecule has 0 aliphatic carbocycles. The number of carbonyl (C=O) groups is 3. The summed E-state index contributed by atoms with van der Waals surface area (Å²) in [5, 5.41) is 2.68. The van der Waals surface area contributed by atoms with Crippen LogP contribution in [-0.4, -0.2) is 32.1 Å². The lowest BCUT2D eigenvalue weighted by atomic mass is 10.1. The summed E-state index contributed by atoms with van der Waals surface area (Å²) in [5.41, 5.74) is 0.684. The lowest BCUT2D eigenvalue weighted by Crippen LogP contribution is -2.20. The molecular weight excluding hydrogens is 274 g/mol. The number of methoxy groups -OCH3 is 2. The summed E-state index contributed by atoms with van der Waals surface area (Å²) in [4.78, 5) is 35.1. The molecule has 0 bridgehead atoms. The van der Waals surface area contributed by atoms with E-state index in [1.807, 2.05) is 6.92 Å². The number of ether oxygens (including phenoxy) is 2. The average Bonchev–Trinajstić information content (AvgIpc) is 2.51. The van der Waals surface area contributed by atoms with E-state index >= 15 is 0 Å². The second kappa shape index (κ2) is 7.42. The minimum absolute atomic E-state index is 0.167. The largest absolute Gasteiger partial charge is 0.465 e. The quantitative estimate of drug-likeness (QED) is 0.842. The average molecular weight is 293 g/mol. The Labute approximate surface area is 123 Å². The summed E-state index contributed by atoms with van der Waals surface area (Å²) in [6.45, 7) is 3.69. The Hall–Kier alpha value is -2.37. The van der Waals surface area contributed by atoms with E-state index in [0.717, 1.165) is 0 Å². The number of carbonyl (C=O) groups excluding carboxylic acids is 3. The highest BCUT2D eigenvalue weighted by Crippen LogP contribution is 2.18. The highest BCUT2D eigenvalue weighted by atomic mass is 16.5. The topological polar surface area (TPSA) is 81.7 Å². The zero-order chi connectivity index (χ0) is 16.0. The van der Waals surface area contributed by atoms with Crippen molar-refractivity contribution in [3.63, 3.8) is 0 Å². The van der Waals surface area contributed by atoms with Gasteiger partial charge >= 0.3 is 11.9 Å². The lowest BCUT2D eigenvalue weighted by molar-refractivity contribution is -0.119. The molecule has 1 atom stereocenters. The van der Waals surface area contributed by atoms with Crippen LogP contribution in [0.1, 0.15) is 41.0 Å². The van der Waals surface area contributed by atoms with E-state index in [9.17, 15) is 14.4 Å². The second-order valence-electron chi connectivity index (χ2n) is 4.58. The predicted octanol–water partition coefficient (Wildman–Crippen LogP) is 2.24. The van der Waals surface area contributed by atoms with Crippen LogP contribution in [-0.2, 0) is 14.3 Å². The molecule has 0 unspecified atom stereocenters. The molecule has 0 aliphatic rings. The van der Waals surface area contributed by atoms with Crippen molar-refractivity contribution >= 4 is 23.5 Å². The summed E-state index contributed by atoms with van der Waals surface area (Å²) in [6.07, 6.45) is 0.687. The van der Waals surface area contributed by atoms with Gasteiger partial charge in [0.05, 0.1) is 25.3 Å². The van der Waals surface area contributed by atoms with Crippen LogP contribution in [0.25, 0.3) is 0 Å². The maximum atomic E-state index is 11.9. The minimum Gasteiger partial charge on any atom is -0.465 e. The van der Waals surface area contributed by atoms with Crippen molar-refractivity contribution in [3.05, 3.63) is 29.3 Å². The summed E-state index contributed by atoms with van der Waals surface area (Å²) in [7, 11) is 2.48. The van der Waals surface area contributed by atoms with Crippen molar-refractivity contribution < 1.29 is 23.9 Å². The number of amides is 1. The number of hydrogen-bond donors (Lipinski definition) is 1. The maximum Gasteiger partial charge on any atom is 0.337 e. The van der Waals surface area contributed by atoms with Crippen molar-refractivity contribution in [1.29, 1.82) is 0 Å². The van der Waals surface area contributed by atoms with Crippen LogP contribution in [0.4, 0.5) is 5.69 Å². The summed E-state index contributed by atoms with van der Waals surface area (Å²) >= 11 is 0. The zero-order valence-corrected chi connectivity index (χ0v) is 12.6. The molecule has 1 aromatic rings. The van der Waals surface area contributed by atoms with Gasteiger partial charge in [0.1, 0.15) is 0 Å². The SMILES string of the molecule is CC[C@@H](C)C(=O)Nc1cc(C(=O)OC)cc(C(=O)OC)c1. The molecule has 0 spiro atoms. The van der Waals surface area contributed by atoms with E-state index in [-0.39, 0.29) is 23.0 Å². The van der Waals surface area contributed by atoms with Gasteiger partial charge in [-0.25, -0.2) is 9.59 Å². The molecule has 0 saturated heterocycles. The van der Waals surface area contributed by atoms with Crippen LogP contribution in [0.15, 0.2) is 18.2 Å². The third-order valence-corrected chi connectivity index (χ3v) is 3.10. The van der Waals surface area contributed by atoms with Gasteiger partial charge in [-0.2, -0.15) is 0 Å². The van der Waals surface area contributed by atoms with Crippen LogP contribution in [0.2, 0.25) is 0 Å². The summed E-state index contributed by atoms with van der Waals surface area (Å²) < 4.78 is 9.26. The molecule has 0 radical (unpaired) electrons. The van der Waals surface area contributed by atoms with Gasteiger partial charge in [0.15, 0.2) is 0 Å². The molecule has 1 amide bonds. The number of nitrogens with one attached hydrogen (secondary N) is 1. The Kier molecular flexibility index (Phi) is 5.90. The van der Waals surface area contributed by atoms with Crippen molar-refractivity contribution in [3.8, 4) is 0 Å². The molecule has 1 rings (SSSR count). The van der Waals surface area contributed by atoms with Crippen molar-refractivity contribution in [2.24, 2.45) is 5.92 Å². The Balaban J connectivity index is 3.15. The molecule has 6 nitrogen and oxygen atoms in total. The maximum absolute atomic E-state index is 11.9. The first-order valence-electron chi connectivity index (χ1n) is 6.55. The molecule has 1 N–H and O–H groups in total. The van der Waals surface area contributed by atoms with Gasteiger partial charge in [-0.05, 0) is 24.6 Å². The van der Waals surface area contributed by atoms with Crippen molar-refractivity contribution in [1.82, 2.24) is 0 Å². The van der Waals surface area contributed by atoms with E-state index in [0.29, 0.717) is 12.1 Å². The molecule has 0 aliphatic heterocycles. The number of esters is 2. The van der Waals surface area contributed by atoms with Crippen molar-refractivity contribution in [2.75, 3.05) is 19.5 Å². The van der Waals surface area contributed by atoms with Gasteiger partial charge in [-0.1, -0.05) is 13.8 Å². The number of anilines is 1. The lowest BCUT2D eigenvalue weighted by Gasteiger charge is -2.12. The highest BCUT2D eigenvalue weighted by molar-refractivity contribution is 5.99. The van der Waals surface area contributed by atoms with Gasteiger partial charge in [0.2, 0.25) is 5.91 Å². The number of rotatable bonds is 5. The Morgan fingerprint density at radius 1 is 1.05 bits per heavy atom. The molecule has 114 valence electrons. The van der Waals surface area contributed by atoms with Crippen LogP contribution >= 0.6 is 0 Å². The second-order valence-corrected chi connectivity index (χ2v) is 4.58. The number of benzene rings is 1. The first kappa shape index (κ1) is 16.7. The first-order valence-corrected chi connectivity index (χ1v) is 6.55. The molecule has 0 saturated carbocycles. The number of hydrogen-bond acceptors (Lipinski definition) is 5. The van der Waals surface area contributed by atoms with Gasteiger partial charge in [-0.3, -0.25) is 4.79 Å². The smallest absolute Gasteiger partial charge is 0.337 e. The van der Waals surface area contributed by atoms with Gasteiger partial charge in [0.25, 0.3) is 0 Å². The van der Waals surface area contributed by atoms with Crippen LogP contribution < -0.4 is 5.32 Å². The van der Waals surface area contributed by atoms with E-state index in [2.05, 4.69) is 14.8 Å². The Bertz CT molecular complexity index is 519. The fourth-order valence-corrected chi connectivity index (χ4v) is 1.62. The van der Waals surface area contributed by atoms with Crippen LogP contribution in [0.3, 0.4) is 0 Å². The zero-order valence-electron chi connectivity index (χ0n) is 12.6. The van der Waals surface area contributed by atoms with Gasteiger partial charge < -0.3 is 14.8 Å².